The second-order valence-corrected chi connectivity index (χ2v) is 5.13. The van der Waals surface area contributed by atoms with Crippen LogP contribution in [0.5, 0.6) is 0 Å². The first kappa shape index (κ1) is 16.8. The van der Waals surface area contributed by atoms with Crippen LogP contribution < -0.4 is 5.73 Å². The highest BCUT2D eigenvalue weighted by molar-refractivity contribution is 4.79. The Balaban J connectivity index is 5.08. The summed E-state index contributed by atoms with van der Waals surface area (Å²) in [5.74, 6) is 0. The van der Waals surface area contributed by atoms with Crippen molar-refractivity contribution in [1.82, 2.24) is 14.7 Å². The summed E-state index contributed by atoms with van der Waals surface area (Å²) in [7, 11) is 8.52. The van der Waals surface area contributed by atoms with Gasteiger partial charge in [-0.3, -0.25) is 14.7 Å². The van der Waals surface area contributed by atoms with E-state index in [1.807, 2.05) is 0 Å². The van der Waals surface area contributed by atoms with Gasteiger partial charge in [-0.15, -0.1) is 0 Å². The lowest BCUT2D eigenvalue weighted by Gasteiger charge is -2.46. The van der Waals surface area contributed by atoms with E-state index in [-0.39, 0.29) is 6.17 Å². The highest BCUT2D eigenvalue weighted by atomic mass is 15.5. The first-order valence-corrected chi connectivity index (χ1v) is 6.76. The molecule has 0 amide bonds. The molecule has 0 aromatic rings. The Labute approximate surface area is 108 Å². The molecule has 0 rings (SSSR count). The van der Waals surface area contributed by atoms with Gasteiger partial charge in [-0.25, -0.2) is 0 Å². The van der Waals surface area contributed by atoms with Gasteiger partial charge in [0.25, 0.3) is 0 Å². The fourth-order valence-electron chi connectivity index (χ4n) is 2.54. The van der Waals surface area contributed by atoms with Crippen LogP contribution in [0.25, 0.3) is 0 Å². The van der Waals surface area contributed by atoms with Crippen molar-refractivity contribution in [3.8, 4) is 0 Å². The Morgan fingerprint density at radius 1 is 0.765 bits per heavy atom. The molecule has 17 heavy (non-hydrogen) atoms. The van der Waals surface area contributed by atoms with Gasteiger partial charge in [0, 0.05) is 0 Å². The molecule has 0 aromatic heterocycles. The summed E-state index contributed by atoms with van der Waals surface area (Å²) in [6.45, 7) is 6.60. The third-order valence-corrected chi connectivity index (χ3v) is 3.41. The predicted molar refractivity (Wildman–Crippen MR) is 75.6 cm³/mol. The van der Waals surface area contributed by atoms with E-state index in [0.717, 1.165) is 19.3 Å². The molecule has 3 atom stereocenters. The normalized spacial score (nSPS) is 17.8. The van der Waals surface area contributed by atoms with Crippen molar-refractivity contribution >= 4 is 0 Å². The molecule has 4 nitrogen and oxygen atoms in total. The summed E-state index contributed by atoms with van der Waals surface area (Å²) in [5, 5.41) is 0. The van der Waals surface area contributed by atoms with Crippen molar-refractivity contribution in [1.29, 1.82) is 0 Å². The maximum Gasteiger partial charge on any atom is 0.0642 e. The lowest BCUT2D eigenvalue weighted by molar-refractivity contribution is -0.0499. The van der Waals surface area contributed by atoms with Crippen LogP contribution in [-0.2, 0) is 0 Å². The summed E-state index contributed by atoms with van der Waals surface area (Å²) < 4.78 is 0. The molecule has 0 spiro atoms. The van der Waals surface area contributed by atoms with Crippen molar-refractivity contribution in [3.63, 3.8) is 0 Å². The zero-order chi connectivity index (χ0) is 13.6. The van der Waals surface area contributed by atoms with Crippen molar-refractivity contribution in [2.75, 3.05) is 28.2 Å². The topological polar surface area (TPSA) is 35.7 Å². The molecule has 0 heterocycles. The average molecular weight is 244 g/mol. The lowest BCUT2D eigenvalue weighted by Crippen LogP contribution is -2.60. The number of nitrogens with two attached hydrogens (primary N) is 1. The smallest absolute Gasteiger partial charge is 0.0642 e. The summed E-state index contributed by atoms with van der Waals surface area (Å²) in [4.78, 5) is 6.98. The Hall–Kier alpha value is -0.160. The van der Waals surface area contributed by atoms with Crippen LogP contribution >= 0.6 is 0 Å². The van der Waals surface area contributed by atoms with Gasteiger partial charge < -0.3 is 5.73 Å². The van der Waals surface area contributed by atoms with Crippen LogP contribution in [-0.4, -0.2) is 61.4 Å². The molecule has 4 heteroatoms. The summed E-state index contributed by atoms with van der Waals surface area (Å²) >= 11 is 0. The summed E-state index contributed by atoms with van der Waals surface area (Å²) in [6.07, 6.45) is 4.08. The molecular formula is C13H32N4. The third-order valence-electron chi connectivity index (χ3n) is 3.41. The van der Waals surface area contributed by atoms with Crippen LogP contribution in [0.2, 0.25) is 0 Å². The Morgan fingerprint density at radius 3 is 1.29 bits per heavy atom. The molecular weight excluding hydrogens is 212 g/mol. The van der Waals surface area contributed by atoms with Crippen LogP contribution in [0.4, 0.5) is 0 Å². The molecule has 0 aliphatic heterocycles. The van der Waals surface area contributed by atoms with Crippen LogP contribution in [0, 0.1) is 0 Å². The van der Waals surface area contributed by atoms with Gasteiger partial charge in [0.2, 0.25) is 0 Å². The number of hydrogen-bond donors (Lipinski definition) is 1. The zero-order valence-electron chi connectivity index (χ0n) is 12.8. The molecule has 0 radical (unpaired) electrons. The maximum atomic E-state index is 6.32. The lowest BCUT2D eigenvalue weighted by atomic mass is 10.2. The van der Waals surface area contributed by atoms with Gasteiger partial charge in [0.05, 0.1) is 18.5 Å². The predicted octanol–water partition coefficient (Wildman–Crippen LogP) is 1.58. The molecule has 0 bridgehead atoms. The van der Waals surface area contributed by atoms with Gasteiger partial charge >= 0.3 is 0 Å². The number of hydrogen-bond acceptors (Lipinski definition) is 4. The Bertz CT molecular complexity index is 178. The molecule has 2 N–H and O–H groups in total. The van der Waals surface area contributed by atoms with Gasteiger partial charge in [-0.05, 0) is 47.5 Å². The standard InChI is InChI=1S/C13H32N4/c1-8-11(14)17(12(9-2)15(4)5)13(10-3)16(6)7/h11-13H,8-10,14H2,1-7H3. The highest BCUT2D eigenvalue weighted by Gasteiger charge is 2.30. The first-order chi connectivity index (χ1) is 7.90. The molecule has 104 valence electrons. The van der Waals surface area contributed by atoms with Crippen molar-refractivity contribution in [3.05, 3.63) is 0 Å². The molecule has 0 aliphatic rings. The molecule has 3 unspecified atom stereocenters. The van der Waals surface area contributed by atoms with Crippen molar-refractivity contribution in [2.45, 2.75) is 58.5 Å². The minimum Gasteiger partial charge on any atom is -0.316 e. The van der Waals surface area contributed by atoms with E-state index in [1.165, 1.54) is 0 Å². The van der Waals surface area contributed by atoms with Gasteiger partial charge in [0.1, 0.15) is 0 Å². The van der Waals surface area contributed by atoms with Crippen molar-refractivity contribution < 1.29 is 0 Å². The zero-order valence-corrected chi connectivity index (χ0v) is 12.8. The first-order valence-electron chi connectivity index (χ1n) is 6.76. The second-order valence-electron chi connectivity index (χ2n) is 5.13. The van der Waals surface area contributed by atoms with E-state index in [1.54, 1.807) is 0 Å². The maximum absolute atomic E-state index is 6.32. The van der Waals surface area contributed by atoms with E-state index in [9.17, 15) is 0 Å². The van der Waals surface area contributed by atoms with Gasteiger partial charge in [-0.1, -0.05) is 20.8 Å². The van der Waals surface area contributed by atoms with E-state index in [4.69, 9.17) is 5.73 Å². The minimum atomic E-state index is 0.120. The molecule has 0 aromatic carbocycles. The van der Waals surface area contributed by atoms with Crippen LogP contribution in [0.1, 0.15) is 40.0 Å². The fraction of sp³-hybridized carbons (Fsp3) is 1.00. The highest BCUT2D eigenvalue weighted by Crippen LogP contribution is 2.18. The largest absolute Gasteiger partial charge is 0.316 e. The molecule has 0 saturated carbocycles. The Morgan fingerprint density at radius 2 is 1.12 bits per heavy atom. The van der Waals surface area contributed by atoms with Crippen LogP contribution in [0.15, 0.2) is 0 Å². The van der Waals surface area contributed by atoms with E-state index < -0.39 is 0 Å². The SMILES string of the molecule is CCC(N)N(C(CC)N(C)C)C(CC)N(C)C. The number of nitrogens with zero attached hydrogens (tertiary/aromatic N) is 3. The van der Waals surface area contributed by atoms with E-state index in [2.05, 4.69) is 63.7 Å². The summed E-state index contributed by atoms with van der Waals surface area (Å²) in [6, 6.07) is 0. The number of rotatable bonds is 8. The quantitative estimate of drug-likeness (QED) is 0.658. The fourth-order valence-corrected chi connectivity index (χ4v) is 2.54. The summed E-state index contributed by atoms with van der Waals surface area (Å²) in [5.41, 5.74) is 6.32. The van der Waals surface area contributed by atoms with Gasteiger partial charge in [-0.2, -0.15) is 0 Å². The molecule has 0 aliphatic carbocycles. The van der Waals surface area contributed by atoms with E-state index in [0.29, 0.717) is 12.3 Å². The third kappa shape index (κ3) is 4.54. The minimum absolute atomic E-state index is 0.120. The second kappa shape index (κ2) is 8.03. The monoisotopic (exact) mass is 244 g/mol. The molecule has 0 saturated heterocycles. The Kier molecular flexibility index (Phi) is 7.96. The van der Waals surface area contributed by atoms with E-state index >= 15 is 0 Å². The van der Waals surface area contributed by atoms with Crippen molar-refractivity contribution in [2.24, 2.45) is 5.73 Å². The van der Waals surface area contributed by atoms with Gasteiger partial charge in [0.15, 0.2) is 0 Å². The molecule has 0 fully saturated rings. The van der Waals surface area contributed by atoms with Crippen LogP contribution in [0.3, 0.4) is 0 Å². The average Bonchev–Trinajstić information content (AvgIpc) is 2.27.